The Morgan fingerprint density at radius 2 is 1.66 bits per heavy atom. The van der Waals surface area contributed by atoms with Gasteiger partial charge in [0.15, 0.2) is 11.5 Å². The number of hydrogen-bond donors (Lipinski definition) is 1. The van der Waals surface area contributed by atoms with Crippen LogP contribution in [0.25, 0.3) is 27.2 Å². The van der Waals surface area contributed by atoms with Crippen molar-refractivity contribution in [2.24, 2.45) is 5.73 Å². The molecule has 2 heterocycles. The number of primary amides is 1. The molecule has 0 aliphatic carbocycles. The molecule has 8 heteroatoms. The van der Waals surface area contributed by atoms with Crippen molar-refractivity contribution < 1.29 is 19.0 Å². The zero-order valence-electron chi connectivity index (χ0n) is 19.2. The predicted molar refractivity (Wildman–Crippen MR) is 137 cm³/mol. The van der Waals surface area contributed by atoms with Crippen LogP contribution in [0.1, 0.15) is 15.2 Å². The van der Waals surface area contributed by atoms with Crippen LogP contribution in [0.5, 0.6) is 17.2 Å². The van der Waals surface area contributed by atoms with Crippen LogP contribution in [0, 0.1) is 0 Å². The molecule has 7 nitrogen and oxygen atoms in total. The molecule has 0 bridgehead atoms. The normalized spacial score (nSPS) is 10.9. The van der Waals surface area contributed by atoms with Crippen molar-refractivity contribution >= 4 is 28.3 Å². The van der Waals surface area contributed by atoms with Crippen molar-refractivity contribution in [2.45, 2.75) is 6.61 Å². The lowest BCUT2D eigenvalue weighted by molar-refractivity contribution is 0.1000. The molecule has 0 radical (unpaired) electrons. The van der Waals surface area contributed by atoms with E-state index in [1.807, 2.05) is 59.2 Å². The topological polar surface area (TPSA) is 88.6 Å². The maximum atomic E-state index is 12.2. The average molecular weight is 486 g/mol. The van der Waals surface area contributed by atoms with Crippen LogP contribution >= 0.6 is 11.3 Å². The molecule has 0 saturated heterocycles. The summed E-state index contributed by atoms with van der Waals surface area (Å²) in [4.78, 5) is 17.1. The van der Waals surface area contributed by atoms with Gasteiger partial charge in [-0.2, -0.15) is 0 Å². The summed E-state index contributed by atoms with van der Waals surface area (Å²) in [7, 11) is 3.17. The summed E-state index contributed by atoms with van der Waals surface area (Å²) in [5, 5.41) is 0.750. The Bertz CT molecular complexity index is 1510. The van der Waals surface area contributed by atoms with Gasteiger partial charge in [0.1, 0.15) is 28.6 Å². The quantitative estimate of drug-likeness (QED) is 0.316. The van der Waals surface area contributed by atoms with Gasteiger partial charge in [0.05, 0.1) is 25.3 Å². The fraction of sp³-hybridized carbons (Fsp3) is 0.111. The van der Waals surface area contributed by atoms with Gasteiger partial charge in [-0.05, 0) is 16.7 Å². The second kappa shape index (κ2) is 9.52. The molecule has 2 aromatic heterocycles. The van der Waals surface area contributed by atoms with Crippen LogP contribution in [-0.2, 0) is 6.61 Å². The number of carbonyl (C=O) groups excluding carboxylic acids is 1. The highest BCUT2D eigenvalue weighted by atomic mass is 32.1. The predicted octanol–water partition coefficient (Wildman–Crippen LogP) is 5.45. The van der Waals surface area contributed by atoms with E-state index in [2.05, 4.69) is 23.2 Å². The van der Waals surface area contributed by atoms with Crippen molar-refractivity contribution in [1.29, 1.82) is 0 Å². The third-order valence-electron chi connectivity index (χ3n) is 5.68. The number of fused-ring (bicyclic) bond motifs is 1. The van der Waals surface area contributed by atoms with E-state index in [1.165, 1.54) is 11.3 Å². The number of nitrogens with zero attached hydrogens (tertiary/aromatic N) is 2. The van der Waals surface area contributed by atoms with Gasteiger partial charge in [-0.25, -0.2) is 4.98 Å². The van der Waals surface area contributed by atoms with Crippen LogP contribution < -0.4 is 19.9 Å². The van der Waals surface area contributed by atoms with E-state index in [1.54, 1.807) is 20.5 Å². The van der Waals surface area contributed by atoms with E-state index in [4.69, 9.17) is 19.9 Å². The summed E-state index contributed by atoms with van der Waals surface area (Å²) in [5.41, 5.74) is 10.4. The van der Waals surface area contributed by atoms with Gasteiger partial charge in [0, 0.05) is 18.2 Å². The maximum absolute atomic E-state index is 12.2. The van der Waals surface area contributed by atoms with Gasteiger partial charge in [-0.1, -0.05) is 54.6 Å². The smallest absolute Gasteiger partial charge is 0.262 e. The first kappa shape index (κ1) is 22.5. The number of benzene rings is 3. The Kier molecular flexibility index (Phi) is 6.12. The molecule has 1 amide bonds. The van der Waals surface area contributed by atoms with E-state index < -0.39 is 5.91 Å². The number of ether oxygens (including phenoxy) is 3. The molecule has 0 aliphatic rings. The minimum Gasteiger partial charge on any atom is -0.493 e. The first-order valence-corrected chi connectivity index (χ1v) is 11.7. The van der Waals surface area contributed by atoms with Crippen molar-refractivity contribution in [2.75, 3.05) is 14.2 Å². The second-order valence-electron chi connectivity index (χ2n) is 7.76. The number of amides is 1. The van der Waals surface area contributed by atoms with E-state index in [9.17, 15) is 4.79 Å². The summed E-state index contributed by atoms with van der Waals surface area (Å²) in [5.74, 6) is 1.07. The maximum Gasteiger partial charge on any atom is 0.262 e. The van der Waals surface area contributed by atoms with Crippen molar-refractivity contribution in [3.63, 3.8) is 0 Å². The molecule has 0 saturated carbocycles. The molecule has 176 valence electrons. The summed E-state index contributed by atoms with van der Waals surface area (Å²) >= 11 is 1.25. The number of rotatable bonds is 8. The monoisotopic (exact) mass is 485 g/mol. The third-order valence-corrected chi connectivity index (χ3v) is 6.81. The molecular formula is C27H23N3O4S. The van der Waals surface area contributed by atoms with E-state index >= 15 is 0 Å². The number of nitrogens with two attached hydrogens (primary N) is 1. The zero-order chi connectivity index (χ0) is 24.4. The third kappa shape index (κ3) is 4.31. The Morgan fingerprint density at radius 3 is 2.40 bits per heavy atom. The Balaban J connectivity index is 1.49. The highest BCUT2D eigenvalue weighted by molar-refractivity contribution is 7.16. The average Bonchev–Trinajstić information content (AvgIpc) is 3.51. The van der Waals surface area contributed by atoms with Crippen LogP contribution in [0.3, 0.4) is 0 Å². The summed E-state index contributed by atoms with van der Waals surface area (Å²) in [6.45, 7) is 0.289. The van der Waals surface area contributed by atoms with Gasteiger partial charge < -0.3 is 19.9 Å². The molecule has 5 rings (SSSR count). The number of carbonyl (C=O) groups is 1. The number of thiophene rings is 1. The Morgan fingerprint density at radius 1 is 0.943 bits per heavy atom. The lowest BCUT2D eigenvalue weighted by atomic mass is 10.0. The van der Waals surface area contributed by atoms with Gasteiger partial charge in [0.25, 0.3) is 5.91 Å². The van der Waals surface area contributed by atoms with Crippen LogP contribution in [-0.4, -0.2) is 29.7 Å². The minimum atomic E-state index is -0.545. The van der Waals surface area contributed by atoms with E-state index in [-0.39, 0.29) is 6.61 Å². The SMILES string of the molecule is COc1cc2ncn(-c3cc(OCc4ccccc4-c4ccccc4)c(C(N)=O)s3)c2cc1OC. The molecule has 2 N–H and O–H groups in total. The van der Waals surface area contributed by atoms with Crippen LogP contribution in [0.4, 0.5) is 0 Å². The number of imidazole rings is 1. The molecule has 0 fully saturated rings. The van der Waals surface area contributed by atoms with Crippen molar-refractivity contribution in [1.82, 2.24) is 9.55 Å². The summed E-state index contributed by atoms with van der Waals surface area (Å²) in [6.07, 6.45) is 1.69. The molecular weight excluding hydrogens is 462 g/mol. The Labute approximate surface area is 206 Å². The highest BCUT2D eigenvalue weighted by Crippen LogP contribution is 2.37. The fourth-order valence-electron chi connectivity index (χ4n) is 3.97. The standard InChI is InChI=1S/C27H23N3O4S/c1-32-22-12-20-21(13-23(22)33-2)30(16-29-20)25-14-24(26(35-25)27(28)31)34-15-18-10-6-7-11-19(18)17-8-4-3-5-9-17/h3-14,16H,15H2,1-2H3,(H2,28,31). The minimum absolute atomic E-state index is 0.289. The van der Waals surface area contributed by atoms with Gasteiger partial charge in [-0.15, -0.1) is 11.3 Å². The summed E-state index contributed by atoms with van der Waals surface area (Å²) < 4.78 is 18.8. The molecule has 0 aliphatic heterocycles. The molecule has 3 aromatic carbocycles. The molecule has 5 aromatic rings. The molecule has 0 spiro atoms. The number of hydrogen-bond acceptors (Lipinski definition) is 6. The first-order valence-electron chi connectivity index (χ1n) is 10.9. The molecule has 0 atom stereocenters. The second-order valence-corrected chi connectivity index (χ2v) is 8.80. The highest BCUT2D eigenvalue weighted by Gasteiger charge is 2.19. The lowest BCUT2D eigenvalue weighted by Gasteiger charge is -2.11. The van der Waals surface area contributed by atoms with E-state index in [0.29, 0.717) is 22.1 Å². The Hall–Kier alpha value is -4.30. The van der Waals surface area contributed by atoms with Gasteiger partial charge in [0.2, 0.25) is 0 Å². The van der Waals surface area contributed by atoms with E-state index in [0.717, 1.165) is 32.7 Å². The van der Waals surface area contributed by atoms with Gasteiger partial charge >= 0.3 is 0 Å². The van der Waals surface area contributed by atoms with Crippen LogP contribution in [0.2, 0.25) is 0 Å². The van der Waals surface area contributed by atoms with Crippen molar-refractivity contribution in [3.05, 3.63) is 89.6 Å². The zero-order valence-corrected chi connectivity index (χ0v) is 20.0. The number of methoxy groups -OCH3 is 2. The largest absolute Gasteiger partial charge is 0.493 e. The van der Waals surface area contributed by atoms with Crippen molar-refractivity contribution in [3.8, 4) is 33.4 Å². The molecule has 35 heavy (non-hydrogen) atoms. The first-order chi connectivity index (χ1) is 17.1. The summed E-state index contributed by atoms with van der Waals surface area (Å²) in [6, 6.07) is 23.6. The number of aromatic nitrogens is 2. The fourth-order valence-corrected chi connectivity index (χ4v) is 4.91. The van der Waals surface area contributed by atoms with Gasteiger partial charge in [-0.3, -0.25) is 9.36 Å². The van der Waals surface area contributed by atoms with Crippen LogP contribution in [0.15, 0.2) is 79.1 Å². The lowest BCUT2D eigenvalue weighted by Crippen LogP contribution is -2.10. The molecule has 0 unspecified atom stereocenters.